The second-order valence-corrected chi connectivity index (χ2v) is 7.80. The van der Waals surface area contributed by atoms with Gasteiger partial charge in [-0.1, -0.05) is 0 Å². The van der Waals surface area contributed by atoms with Crippen molar-refractivity contribution in [3.05, 3.63) is 17.0 Å². The molecule has 9 heteroatoms. The molecule has 4 rings (SSSR count). The normalized spacial score (nSPS) is 27.6. The van der Waals surface area contributed by atoms with Crippen LogP contribution in [-0.2, 0) is 31.2 Å². The van der Waals surface area contributed by atoms with E-state index < -0.39 is 18.8 Å². The van der Waals surface area contributed by atoms with Crippen molar-refractivity contribution >= 4 is 5.91 Å². The highest BCUT2D eigenvalue weighted by Gasteiger charge is 2.35. The van der Waals surface area contributed by atoms with Crippen molar-refractivity contribution < 1.29 is 13.6 Å². The molecule has 1 amide bonds. The van der Waals surface area contributed by atoms with E-state index in [0.29, 0.717) is 0 Å². The number of carbonyl (C=O) groups excluding carboxylic acids is 1. The standard InChI is InChI=1S/C18H28F2N6O/c1-24-15(12-4-2-3-5-13(12)23-24)11-25-6-8-26(9-7-25)18-21-14(17(19)20)10-16(27)22-18/h14,17-18,21H,2-11H2,1H3,(H,22,27). The van der Waals surface area contributed by atoms with Gasteiger partial charge in [0, 0.05) is 46.2 Å². The molecule has 2 fully saturated rings. The molecule has 2 saturated heterocycles. The lowest BCUT2D eigenvalue weighted by Crippen LogP contribution is -2.67. The number of fused-ring (bicyclic) bond motifs is 1. The molecule has 1 aromatic heterocycles. The zero-order chi connectivity index (χ0) is 19.0. The van der Waals surface area contributed by atoms with Crippen LogP contribution in [0.2, 0.25) is 0 Å². The number of aromatic nitrogens is 2. The van der Waals surface area contributed by atoms with Crippen LogP contribution in [-0.4, -0.2) is 70.4 Å². The Morgan fingerprint density at radius 3 is 2.67 bits per heavy atom. The van der Waals surface area contributed by atoms with Crippen LogP contribution in [0.5, 0.6) is 0 Å². The maximum absolute atomic E-state index is 13.0. The van der Waals surface area contributed by atoms with Gasteiger partial charge in [0.2, 0.25) is 5.91 Å². The molecule has 0 saturated carbocycles. The lowest BCUT2D eigenvalue weighted by molar-refractivity contribution is -0.129. The number of nitrogens with one attached hydrogen (secondary N) is 2. The number of halogens is 2. The van der Waals surface area contributed by atoms with E-state index in [0.717, 1.165) is 45.6 Å². The molecule has 2 unspecified atom stereocenters. The van der Waals surface area contributed by atoms with Crippen molar-refractivity contribution in [2.45, 2.75) is 57.4 Å². The number of piperazine rings is 1. The van der Waals surface area contributed by atoms with Gasteiger partial charge in [0.05, 0.1) is 17.4 Å². The van der Waals surface area contributed by atoms with Crippen molar-refractivity contribution in [3.63, 3.8) is 0 Å². The Morgan fingerprint density at radius 1 is 1.19 bits per heavy atom. The van der Waals surface area contributed by atoms with Crippen molar-refractivity contribution in [2.24, 2.45) is 7.05 Å². The highest BCUT2D eigenvalue weighted by molar-refractivity contribution is 5.77. The summed E-state index contributed by atoms with van der Waals surface area (Å²) in [5, 5.41) is 10.4. The van der Waals surface area contributed by atoms with E-state index >= 15 is 0 Å². The van der Waals surface area contributed by atoms with Gasteiger partial charge in [-0.25, -0.2) is 8.78 Å². The summed E-state index contributed by atoms with van der Waals surface area (Å²) in [6, 6.07) is -1.07. The summed E-state index contributed by atoms with van der Waals surface area (Å²) in [7, 11) is 2.02. The van der Waals surface area contributed by atoms with Crippen LogP contribution in [0.1, 0.15) is 36.2 Å². The Bertz CT molecular complexity index is 686. The molecule has 27 heavy (non-hydrogen) atoms. The van der Waals surface area contributed by atoms with Gasteiger partial charge in [-0.2, -0.15) is 5.10 Å². The molecule has 7 nitrogen and oxygen atoms in total. The minimum atomic E-state index is -2.53. The van der Waals surface area contributed by atoms with E-state index in [1.807, 2.05) is 16.6 Å². The highest BCUT2D eigenvalue weighted by atomic mass is 19.3. The Kier molecular flexibility index (Phi) is 5.43. The van der Waals surface area contributed by atoms with Gasteiger partial charge in [-0.3, -0.25) is 24.6 Å². The molecule has 1 aromatic rings. The first-order valence-corrected chi connectivity index (χ1v) is 9.85. The van der Waals surface area contributed by atoms with Crippen LogP contribution in [0.25, 0.3) is 0 Å². The lowest BCUT2D eigenvalue weighted by Gasteiger charge is -2.42. The van der Waals surface area contributed by atoms with E-state index in [1.54, 1.807) is 0 Å². The lowest BCUT2D eigenvalue weighted by atomic mass is 9.95. The summed E-state index contributed by atoms with van der Waals surface area (Å²) in [4.78, 5) is 16.2. The molecule has 150 valence electrons. The van der Waals surface area contributed by atoms with Crippen LogP contribution in [0.3, 0.4) is 0 Å². The first kappa shape index (κ1) is 18.8. The van der Waals surface area contributed by atoms with E-state index in [2.05, 4.69) is 20.6 Å². The van der Waals surface area contributed by atoms with Crippen LogP contribution in [0, 0.1) is 0 Å². The van der Waals surface area contributed by atoms with Crippen LogP contribution < -0.4 is 10.6 Å². The number of amides is 1. The molecule has 1 aliphatic carbocycles. The zero-order valence-corrected chi connectivity index (χ0v) is 15.8. The van der Waals surface area contributed by atoms with Crippen molar-refractivity contribution in [1.29, 1.82) is 0 Å². The maximum atomic E-state index is 13.0. The molecular weight excluding hydrogens is 354 g/mol. The molecule has 0 aromatic carbocycles. The Hall–Kier alpha value is -1.58. The summed E-state index contributed by atoms with van der Waals surface area (Å²) in [6.07, 6.45) is 1.45. The minimum absolute atomic E-state index is 0.167. The van der Waals surface area contributed by atoms with Gasteiger partial charge in [-0.15, -0.1) is 0 Å². The summed E-state index contributed by atoms with van der Waals surface area (Å²) in [5.74, 6) is -0.312. The minimum Gasteiger partial charge on any atom is -0.328 e. The largest absolute Gasteiger partial charge is 0.328 e. The number of nitrogens with zero attached hydrogens (tertiary/aromatic N) is 4. The van der Waals surface area contributed by atoms with Crippen LogP contribution in [0.15, 0.2) is 0 Å². The van der Waals surface area contributed by atoms with Gasteiger partial charge in [-0.05, 0) is 31.2 Å². The SMILES string of the molecule is Cn1nc2c(c1CN1CCN(C3NC(=O)CC(C(F)F)N3)CC1)CCCC2. The summed E-state index contributed by atoms with van der Waals surface area (Å²) in [5.41, 5.74) is 3.98. The summed E-state index contributed by atoms with van der Waals surface area (Å²) in [6.45, 7) is 4.01. The quantitative estimate of drug-likeness (QED) is 0.791. The van der Waals surface area contributed by atoms with Crippen molar-refractivity contribution in [1.82, 2.24) is 30.2 Å². The molecule has 2 aliphatic heterocycles. The summed E-state index contributed by atoms with van der Waals surface area (Å²) >= 11 is 0. The average Bonchev–Trinajstić information content (AvgIpc) is 2.97. The van der Waals surface area contributed by atoms with Gasteiger partial charge in [0.25, 0.3) is 6.43 Å². The molecule has 3 heterocycles. The Morgan fingerprint density at radius 2 is 1.93 bits per heavy atom. The second kappa shape index (κ2) is 7.81. The smallest absolute Gasteiger partial charge is 0.254 e. The number of rotatable bonds is 4. The number of aryl methyl sites for hydroxylation is 2. The fourth-order valence-corrected chi connectivity index (χ4v) is 4.41. The van der Waals surface area contributed by atoms with E-state index in [1.165, 1.54) is 29.8 Å². The molecule has 2 atom stereocenters. The van der Waals surface area contributed by atoms with E-state index in [-0.39, 0.29) is 12.3 Å². The first-order valence-electron chi connectivity index (χ1n) is 9.85. The van der Waals surface area contributed by atoms with Crippen LogP contribution in [0.4, 0.5) is 8.78 Å². The monoisotopic (exact) mass is 382 g/mol. The number of hydrogen-bond donors (Lipinski definition) is 2. The third kappa shape index (κ3) is 4.00. The Balaban J connectivity index is 1.34. The average molecular weight is 382 g/mol. The third-order valence-corrected chi connectivity index (χ3v) is 5.97. The van der Waals surface area contributed by atoms with Crippen molar-refractivity contribution in [2.75, 3.05) is 26.2 Å². The molecule has 3 aliphatic rings. The number of alkyl halides is 2. The molecule has 0 bridgehead atoms. The van der Waals surface area contributed by atoms with Gasteiger partial charge < -0.3 is 5.32 Å². The predicted molar refractivity (Wildman–Crippen MR) is 96.2 cm³/mol. The molecular formula is C18H28F2N6O. The van der Waals surface area contributed by atoms with Gasteiger partial charge in [0.1, 0.15) is 6.29 Å². The fourth-order valence-electron chi connectivity index (χ4n) is 4.41. The maximum Gasteiger partial charge on any atom is 0.254 e. The van der Waals surface area contributed by atoms with E-state index in [9.17, 15) is 13.6 Å². The Labute approximate surface area is 158 Å². The third-order valence-electron chi connectivity index (χ3n) is 5.97. The topological polar surface area (TPSA) is 65.4 Å². The second-order valence-electron chi connectivity index (χ2n) is 7.80. The van der Waals surface area contributed by atoms with Gasteiger partial charge in [0.15, 0.2) is 0 Å². The molecule has 0 spiro atoms. The molecule has 2 N–H and O–H groups in total. The van der Waals surface area contributed by atoms with Crippen molar-refractivity contribution in [3.8, 4) is 0 Å². The number of carbonyl (C=O) groups is 1. The van der Waals surface area contributed by atoms with Gasteiger partial charge >= 0.3 is 0 Å². The zero-order valence-electron chi connectivity index (χ0n) is 15.8. The first-order chi connectivity index (χ1) is 13.0. The highest BCUT2D eigenvalue weighted by Crippen LogP contribution is 2.25. The summed E-state index contributed by atoms with van der Waals surface area (Å²) < 4.78 is 28.0. The number of hydrogen-bond acceptors (Lipinski definition) is 5. The fraction of sp³-hybridized carbons (Fsp3) is 0.778. The predicted octanol–water partition coefficient (Wildman–Crippen LogP) is 0.443. The van der Waals surface area contributed by atoms with Crippen LogP contribution >= 0.6 is 0 Å². The molecule has 0 radical (unpaired) electrons. The van der Waals surface area contributed by atoms with E-state index in [4.69, 9.17) is 0 Å².